The van der Waals surface area contributed by atoms with Gasteiger partial charge in [0.1, 0.15) is 0 Å². The summed E-state index contributed by atoms with van der Waals surface area (Å²) in [5.74, 6) is 0.901. The van der Waals surface area contributed by atoms with E-state index in [1.54, 1.807) is 11.8 Å². The van der Waals surface area contributed by atoms with Crippen LogP contribution in [-0.2, 0) is 12.4 Å². The maximum atomic E-state index is 9.02. The zero-order valence-corrected chi connectivity index (χ0v) is 12.4. The molecule has 3 nitrogen and oxygen atoms in total. The van der Waals surface area contributed by atoms with Crippen LogP contribution in [0.2, 0.25) is 0 Å². The van der Waals surface area contributed by atoms with Crippen molar-refractivity contribution in [3.05, 3.63) is 47.8 Å². The average molecular weight is 288 g/mol. The number of aromatic nitrogens is 2. The first-order chi connectivity index (χ1) is 9.85. The van der Waals surface area contributed by atoms with Crippen LogP contribution in [-0.4, -0.2) is 14.9 Å². The van der Waals surface area contributed by atoms with Crippen molar-refractivity contribution in [2.75, 3.05) is 0 Å². The molecule has 0 bridgehead atoms. The molecule has 106 valence electrons. The van der Waals surface area contributed by atoms with Gasteiger partial charge in [0, 0.05) is 16.8 Å². The van der Waals surface area contributed by atoms with E-state index in [4.69, 9.17) is 10.2 Å². The molecule has 0 radical (unpaired) electrons. The first-order valence-electron chi connectivity index (χ1n) is 7.22. The lowest BCUT2D eigenvalue weighted by molar-refractivity contribution is 0.282. The number of thioether (sulfide) groups is 1. The smallest absolute Gasteiger partial charge is 0.0727 e. The lowest BCUT2D eigenvalue weighted by Gasteiger charge is -2.08. The van der Waals surface area contributed by atoms with E-state index in [-0.39, 0.29) is 6.61 Å². The normalized spacial score (nSPS) is 15.8. The molecule has 0 saturated heterocycles. The van der Waals surface area contributed by atoms with Crippen LogP contribution in [0.1, 0.15) is 43.0 Å². The van der Waals surface area contributed by atoms with Crippen molar-refractivity contribution in [2.45, 2.75) is 49.0 Å². The van der Waals surface area contributed by atoms with Gasteiger partial charge in [-0.3, -0.25) is 4.68 Å². The molecule has 1 heterocycles. The Balaban J connectivity index is 1.57. The van der Waals surface area contributed by atoms with Gasteiger partial charge in [0.25, 0.3) is 0 Å². The Hall–Kier alpha value is -1.26. The summed E-state index contributed by atoms with van der Waals surface area (Å²) < 4.78 is 2.15. The Kier molecular flexibility index (Phi) is 4.43. The van der Waals surface area contributed by atoms with Crippen molar-refractivity contribution in [3.63, 3.8) is 0 Å². The van der Waals surface area contributed by atoms with Crippen molar-refractivity contribution < 1.29 is 5.11 Å². The van der Waals surface area contributed by atoms with Gasteiger partial charge in [-0.1, -0.05) is 25.0 Å². The highest BCUT2D eigenvalue weighted by atomic mass is 32.2. The molecule has 1 aromatic carbocycles. The number of benzene rings is 1. The molecule has 4 heteroatoms. The van der Waals surface area contributed by atoms with Crippen LogP contribution < -0.4 is 0 Å². The van der Waals surface area contributed by atoms with Crippen molar-refractivity contribution in [1.29, 1.82) is 0 Å². The molecule has 1 saturated carbocycles. The third kappa shape index (κ3) is 3.25. The fraction of sp³-hybridized carbons (Fsp3) is 0.438. The predicted octanol–water partition coefficient (Wildman–Crippen LogP) is 3.78. The molecular weight excluding hydrogens is 268 g/mol. The van der Waals surface area contributed by atoms with Crippen LogP contribution >= 0.6 is 11.8 Å². The summed E-state index contributed by atoms with van der Waals surface area (Å²) in [6, 6.07) is 10.8. The monoisotopic (exact) mass is 288 g/mol. The Morgan fingerprint density at radius 2 is 1.90 bits per heavy atom. The quantitative estimate of drug-likeness (QED) is 0.851. The SMILES string of the molecule is OCc1ccc(SCc2ccn(C3CCCC3)n2)cc1. The average Bonchev–Trinajstić information content (AvgIpc) is 3.16. The number of nitrogens with zero attached hydrogens (tertiary/aromatic N) is 2. The first-order valence-corrected chi connectivity index (χ1v) is 8.20. The third-order valence-electron chi connectivity index (χ3n) is 3.86. The summed E-state index contributed by atoms with van der Waals surface area (Å²) in [5.41, 5.74) is 2.10. The van der Waals surface area contributed by atoms with Gasteiger partial charge in [-0.25, -0.2) is 0 Å². The number of hydrogen-bond acceptors (Lipinski definition) is 3. The van der Waals surface area contributed by atoms with E-state index >= 15 is 0 Å². The molecule has 20 heavy (non-hydrogen) atoms. The van der Waals surface area contributed by atoms with E-state index in [2.05, 4.69) is 29.1 Å². The standard InChI is InChI=1S/C16H20N2OS/c19-11-13-5-7-16(8-6-13)20-12-14-9-10-18(17-14)15-3-1-2-4-15/h5-10,15,19H,1-4,11-12H2. The summed E-state index contributed by atoms with van der Waals surface area (Å²) in [6.45, 7) is 0.108. The lowest BCUT2D eigenvalue weighted by atomic mass is 10.2. The third-order valence-corrected chi connectivity index (χ3v) is 4.90. The molecule has 1 aliphatic carbocycles. The highest BCUT2D eigenvalue weighted by Crippen LogP contribution is 2.29. The van der Waals surface area contributed by atoms with E-state index in [9.17, 15) is 0 Å². The Bertz CT molecular complexity index is 544. The molecule has 2 aromatic rings. The van der Waals surface area contributed by atoms with Gasteiger partial charge in [-0.05, 0) is 36.6 Å². The second kappa shape index (κ2) is 6.46. The molecule has 0 spiro atoms. The number of rotatable bonds is 5. The summed E-state index contributed by atoms with van der Waals surface area (Å²) >= 11 is 1.79. The minimum atomic E-state index is 0.108. The summed E-state index contributed by atoms with van der Waals surface area (Å²) in [6.07, 6.45) is 7.35. The van der Waals surface area contributed by atoms with Gasteiger partial charge in [0.05, 0.1) is 18.3 Å². The van der Waals surface area contributed by atoms with Crippen molar-refractivity contribution in [1.82, 2.24) is 9.78 Å². The summed E-state index contributed by atoms with van der Waals surface area (Å²) in [7, 11) is 0. The van der Waals surface area contributed by atoms with Crippen molar-refractivity contribution in [3.8, 4) is 0 Å². The Morgan fingerprint density at radius 3 is 2.60 bits per heavy atom. The zero-order valence-electron chi connectivity index (χ0n) is 11.5. The van der Waals surface area contributed by atoms with E-state index in [1.165, 1.54) is 30.6 Å². The van der Waals surface area contributed by atoms with Crippen molar-refractivity contribution >= 4 is 11.8 Å². The molecule has 0 atom stereocenters. The highest BCUT2D eigenvalue weighted by molar-refractivity contribution is 7.98. The summed E-state index contributed by atoms with van der Waals surface area (Å²) in [4.78, 5) is 1.22. The Labute approximate surface area is 124 Å². The van der Waals surface area contributed by atoms with E-state index in [0.29, 0.717) is 6.04 Å². The molecule has 3 rings (SSSR count). The topological polar surface area (TPSA) is 38.0 Å². The maximum Gasteiger partial charge on any atom is 0.0727 e. The molecule has 1 aliphatic rings. The number of hydrogen-bond donors (Lipinski definition) is 1. The maximum absolute atomic E-state index is 9.02. The van der Waals surface area contributed by atoms with E-state index in [1.807, 2.05) is 12.1 Å². The number of aliphatic hydroxyl groups excluding tert-OH is 1. The molecule has 0 unspecified atom stereocenters. The minimum Gasteiger partial charge on any atom is -0.392 e. The van der Waals surface area contributed by atoms with Gasteiger partial charge in [0.15, 0.2) is 0 Å². The van der Waals surface area contributed by atoms with Gasteiger partial charge in [0.2, 0.25) is 0 Å². The number of aliphatic hydroxyl groups is 1. The fourth-order valence-corrected chi connectivity index (χ4v) is 3.47. The van der Waals surface area contributed by atoms with Crippen LogP contribution in [0.5, 0.6) is 0 Å². The van der Waals surface area contributed by atoms with Crippen LogP contribution in [0.25, 0.3) is 0 Å². The molecule has 0 amide bonds. The minimum absolute atomic E-state index is 0.108. The highest BCUT2D eigenvalue weighted by Gasteiger charge is 2.17. The predicted molar refractivity (Wildman–Crippen MR) is 81.7 cm³/mol. The zero-order chi connectivity index (χ0) is 13.8. The van der Waals surface area contributed by atoms with Crippen molar-refractivity contribution in [2.24, 2.45) is 0 Å². The largest absolute Gasteiger partial charge is 0.392 e. The van der Waals surface area contributed by atoms with Gasteiger partial charge < -0.3 is 5.11 Å². The molecule has 1 fully saturated rings. The van der Waals surface area contributed by atoms with Gasteiger partial charge in [-0.2, -0.15) is 5.10 Å². The van der Waals surface area contributed by atoms with Crippen LogP contribution in [0.15, 0.2) is 41.4 Å². The summed E-state index contributed by atoms with van der Waals surface area (Å²) in [5, 5.41) is 13.7. The molecule has 1 aromatic heterocycles. The first kappa shape index (κ1) is 13.7. The fourth-order valence-electron chi connectivity index (χ4n) is 2.67. The van der Waals surface area contributed by atoms with E-state index < -0.39 is 0 Å². The molecular formula is C16H20N2OS. The van der Waals surface area contributed by atoms with Crippen LogP contribution in [0, 0.1) is 0 Å². The second-order valence-electron chi connectivity index (χ2n) is 5.32. The lowest BCUT2D eigenvalue weighted by Crippen LogP contribution is -2.05. The van der Waals surface area contributed by atoms with E-state index in [0.717, 1.165) is 17.0 Å². The van der Waals surface area contributed by atoms with Crippen LogP contribution in [0.3, 0.4) is 0 Å². The van der Waals surface area contributed by atoms with Gasteiger partial charge >= 0.3 is 0 Å². The Morgan fingerprint density at radius 1 is 1.15 bits per heavy atom. The second-order valence-corrected chi connectivity index (χ2v) is 6.36. The molecule has 0 aliphatic heterocycles. The van der Waals surface area contributed by atoms with Crippen LogP contribution in [0.4, 0.5) is 0 Å². The molecule has 1 N–H and O–H groups in total. The van der Waals surface area contributed by atoms with Gasteiger partial charge in [-0.15, -0.1) is 11.8 Å².